The number of morpholine rings is 1. The molecule has 3 rings (SSSR count). The summed E-state index contributed by atoms with van der Waals surface area (Å²) in [6.07, 6.45) is 7.70. The number of allylic oxidation sites excluding steroid dienone is 2. The van der Waals surface area contributed by atoms with E-state index in [0.29, 0.717) is 0 Å². The van der Waals surface area contributed by atoms with Crippen molar-refractivity contribution in [2.24, 2.45) is 5.41 Å². The molecule has 0 aromatic heterocycles. The maximum absolute atomic E-state index is 11.3. The molecule has 0 saturated carbocycles. The van der Waals surface area contributed by atoms with Gasteiger partial charge in [0.25, 0.3) is 10.1 Å². The Morgan fingerprint density at radius 2 is 1.76 bits per heavy atom. The molecule has 1 aromatic rings. The molecule has 1 heterocycles. The molecule has 1 aromatic carbocycles. The van der Waals surface area contributed by atoms with Crippen molar-refractivity contribution in [2.75, 3.05) is 26.3 Å². The summed E-state index contributed by atoms with van der Waals surface area (Å²) in [6, 6.07) is 8.39. The Hall–Kier alpha value is -1.47. The van der Waals surface area contributed by atoms with E-state index in [0.717, 1.165) is 39.3 Å². The highest BCUT2D eigenvalue weighted by atomic mass is 32.2. The Morgan fingerprint density at radius 3 is 2.36 bits per heavy atom. The van der Waals surface area contributed by atoms with Gasteiger partial charge in [-0.3, -0.25) is 9.45 Å². The van der Waals surface area contributed by atoms with E-state index in [-0.39, 0.29) is 5.41 Å². The van der Waals surface area contributed by atoms with Crippen LogP contribution in [0.3, 0.4) is 0 Å². The monoisotopic (exact) mass is 363 g/mol. The summed E-state index contributed by atoms with van der Waals surface area (Å²) in [5.74, 6) is 0. The maximum atomic E-state index is 11.3. The minimum absolute atomic E-state index is 0.262. The highest BCUT2D eigenvalue weighted by molar-refractivity contribution is 7.86. The SMILES string of the molecule is CC1(Cc2ccccc2CN2CCOCC2)C=CC(S(=O)(=O)O)C=C1. The van der Waals surface area contributed by atoms with E-state index in [9.17, 15) is 13.0 Å². The molecule has 1 aliphatic carbocycles. The van der Waals surface area contributed by atoms with E-state index in [1.165, 1.54) is 11.1 Å². The smallest absolute Gasteiger partial charge is 0.275 e. The van der Waals surface area contributed by atoms with Crippen LogP contribution in [0.25, 0.3) is 0 Å². The van der Waals surface area contributed by atoms with Crippen molar-refractivity contribution in [3.63, 3.8) is 0 Å². The van der Waals surface area contributed by atoms with Crippen LogP contribution in [-0.2, 0) is 27.8 Å². The predicted octanol–water partition coefficient (Wildman–Crippen LogP) is 2.45. The van der Waals surface area contributed by atoms with Gasteiger partial charge in [-0.2, -0.15) is 8.42 Å². The number of hydrogen-bond acceptors (Lipinski definition) is 4. The van der Waals surface area contributed by atoms with Gasteiger partial charge in [0.15, 0.2) is 0 Å². The maximum Gasteiger partial charge on any atom is 0.275 e. The van der Waals surface area contributed by atoms with E-state index < -0.39 is 15.4 Å². The lowest BCUT2D eigenvalue weighted by Gasteiger charge is -2.30. The Labute approximate surface area is 149 Å². The van der Waals surface area contributed by atoms with Gasteiger partial charge < -0.3 is 4.74 Å². The van der Waals surface area contributed by atoms with Crippen LogP contribution in [0.1, 0.15) is 18.1 Å². The normalized spacial score (nSPS) is 27.5. The van der Waals surface area contributed by atoms with Gasteiger partial charge in [0.2, 0.25) is 0 Å². The fourth-order valence-corrected chi connectivity index (χ4v) is 3.91. The van der Waals surface area contributed by atoms with Crippen LogP contribution in [0.4, 0.5) is 0 Å². The summed E-state index contributed by atoms with van der Waals surface area (Å²) in [7, 11) is -4.07. The quantitative estimate of drug-likeness (QED) is 0.643. The minimum Gasteiger partial charge on any atom is -0.379 e. The van der Waals surface area contributed by atoms with Gasteiger partial charge in [0.1, 0.15) is 5.25 Å². The molecule has 0 spiro atoms. The van der Waals surface area contributed by atoms with Gasteiger partial charge >= 0.3 is 0 Å². The molecular formula is C19H25NO4S. The van der Waals surface area contributed by atoms with E-state index >= 15 is 0 Å². The van der Waals surface area contributed by atoms with Crippen LogP contribution in [0.15, 0.2) is 48.6 Å². The predicted molar refractivity (Wildman–Crippen MR) is 98.0 cm³/mol. The zero-order chi connectivity index (χ0) is 17.9. The van der Waals surface area contributed by atoms with Gasteiger partial charge in [-0.15, -0.1) is 0 Å². The van der Waals surface area contributed by atoms with Crippen LogP contribution in [0.2, 0.25) is 0 Å². The third-order valence-electron chi connectivity index (χ3n) is 4.86. The molecule has 136 valence electrons. The molecule has 5 nitrogen and oxygen atoms in total. The van der Waals surface area contributed by atoms with E-state index in [4.69, 9.17) is 4.74 Å². The molecular weight excluding hydrogens is 338 g/mol. The van der Waals surface area contributed by atoms with Crippen molar-refractivity contribution >= 4 is 10.1 Å². The lowest BCUT2D eigenvalue weighted by molar-refractivity contribution is 0.0340. The van der Waals surface area contributed by atoms with Crippen molar-refractivity contribution in [3.05, 3.63) is 59.7 Å². The summed E-state index contributed by atoms with van der Waals surface area (Å²) in [5.41, 5.74) is 2.29. The molecule has 1 aliphatic heterocycles. The zero-order valence-electron chi connectivity index (χ0n) is 14.5. The summed E-state index contributed by atoms with van der Waals surface area (Å²) in [6.45, 7) is 6.43. The first-order chi connectivity index (χ1) is 11.9. The number of benzene rings is 1. The summed E-state index contributed by atoms with van der Waals surface area (Å²) in [5, 5.41) is -0.941. The molecule has 6 heteroatoms. The largest absolute Gasteiger partial charge is 0.379 e. The molecule has 0 atom stereocenters. The lowest BCUT2D eigenvalue weighted by Crippen LogP contribution is -2.36. The molecule has 1 N–H and O–H groups in total. The summed E-state index contributed by atoms with van der Waals surface area (Å²) >= 11 is 0. The van der Waals surface area contributed by atoms with Crippen LogP contribution in [0, 0.1) is 5.41 Å². The first-order valence-electron chi connectivity index (χ1n) is 8.58. The standard InChI is InChI=1S/C19H25NO4S/c1-19(8-6-18(7-9-19)25(21,22)23)14-16-4-2-3-5-17(16)15-20-10-12-24-13-11-20/h2-9,18H,10-15H2,1H3,(H,21,22,23). The topological polar surface area (TPSA) is 66.8 Å². The molecule has 2 aliphatic rings. The van der Waals surface area contributed by atoms with E-state index in [1.54, 1.807) is 12.2 Å². The third-order valence-corrected chi connectivity index (χ3v) is 5.87. The van der Waals surface area contributed by atoms with Crippen molar-refractivity contribution in [1.82, 2.24) is 4.90 Å². The first kappa shape index (κ1) is 18.3. The Kier molecular flexibility index (Phi) is 5.43. The Bertz CT molecular complexity index is 749. The van der Waals surface area contributed by atoms with Gasteiger partial charge in [-0.1, -0.05) is 55.5 Å². The molecule has 0 unspecified atom stereocenters. The molecule has 1 fully saturated rings. The Balaban J connectivity index is 1.74. The van der Waals surface area contributed by atoms with Crippen LogP contribution in [-0.4, -0.2) is 49.4 Å². The van der Waals surface area contributed by atoms with Crippen LogP contribution in [0.5, 0.6) is 0 Å². The average Bonchev–Trinajstić information content (AvgIpc) is 2.57. The number of hydrogen-bond donors (Lipinski definition) is 1. The first-order valence-corrected chi connectivity index (χ1v) is 10.1. The zero-order valence-corrected chi connectivity index (χ0v) is 15.3. The van der Waals surface area contributed by atoms with Crippen molar-refractivity contribution in [2.45, 2.75) is 25.1 Å². The van der Waals surface area contributed by atoms with Gasteiger partial charge in [0, 0.05) is 25.0 Å². The molecule has 1 saturated heterocycles. The number of rotatable bonds is 5. The van der Waals surface area contributed by atoms with E-state index in [1.807, 2.05) is 18.2 Å². The van der Waals surface area contributed by atoms with Gasteiger partial charge in [-0.25, -0.2) is 0 Å². The van der Waals surface area contributed by atoms with Gasteiger partial charge in [-0.05, 0) is 17.5 Å². The molecule has 25 heavy (non-hydrogen) atoms. The summed E-state index contributed by atoms with van der Waals surface area (Å²) < 4.78 is 37.1. The second kappa shape index (κ2) is 7.41. The summed E-state index contributed by atoms with van der Waals surface area (Å²) in [4.78, 5) is 2.39. The van der Waals surface area contributed by atoms with Crippen molar-refractivity contribution in [3.8, 4) is 0 Å². The van der Waals surface area contributed by atoms with Crippen molar-refractivity contribution < 1.29 is 17.7 Å². The number of nitrogens with zero attached hydrogens (tertiary/aromatic N) is 1. The second-order valence-electron chi connectivity index (χ2n) is 7.04. The van der Waals surface area contributed by atoms with Crippen LogP contribution >= 0.6 is 0 Å². The molecule has 0 bridgehead atoms. The third kappa shape index (κ3) is 4.79. The molecule has 0 radical (unpaired) electrons. The highest BCUT2D eigenvalue weighted by Gasteiger charge is 2.27. The van der Waals surface area contributed by atoms with Crippen LogP contribution < -0.4 is 0 Å². The fraction of sp³-hybridized carbons (Fsp3) is 0.474. The average molecular weight is 363 g/mol. The van der Waals surface area contributed by atoms with Crippen molar-refractivity contribution in [1.29, 1.82) is 0 Å². The highest BCUT2D eigenvalue weighted by Crippen LogP contribution is 2.32. The fourth-order valence-electron chi connectivity index (χ4n) is 3.36. The second-order valence-corrected chi connectivity index (χ2v) is 8.61. The molecule has 0 amide bonds. The number of ether oxygens (including phenoxy) is 1. The lowest BCUT2D eigenvalue weighted by atomic mass is 9.79. The van der Waals surface area contributed by atoms with E-state index in [2.05, 4.69) is 30.0 Å². The Morgan fingerprint density at radius 1 is 1.16 bits per heavy atom. The minimum atomic E-state index is -4.07. The van der Waals surface area contributed by atoms with Gasteiger partial charge in [0.05, 0.1) is 13.2 Å².